The minimum atomic E-state index is 0.482. The molecular formula is C13H23ClN4. The van der Waals surface area contributed by atoms with Gasteiger partial charge in [0.2, 0.25) is 0 Å². The van der Waals surface area contributed by atoms with Crippen LogP contribution in [0.15, 0.2) is 6.33 Å². The quantitative estimate of drug-likeness (QED) is 0.771. The molecule has 102 valence electrons. The van der Waals surface area contributed by atoms with Crippen LogP contribution < -0.4 is 0 Å². The second kappa shape index (κ2) is 6.02. The summed E-state index contributed by atoms with van der Waals surface area (Å²) in [5, 5.41) is 4.31. The van der Waals surface area contributed by atoms with Crippen LogP contribution in [0.1, 0.15) is 33.0 Å². The third-order valence-corrected chi connectivity index (χ3v) is 4.05. The number of nitrogens with zero attached hydrogens (tertiary/aromatic N) is 4. The third-order valence-electron chi connectivity index (χ3n) is 3.73. The molecule has 5 heteroatoms. The predicted molar refractivity (Wildman–Crippen MR) is 73.6 cm³/mol. The second-order valence-electron chi connectivity index (χ2n) is 5.71. The first-order chi connectivity index (χ1) is 8.61. The molecule has 1 aliphatic rings. The number of hydrogen-bond donors (Lipinski definition) is 0. The maximum Gasteiger partial charge on any atom is 0.141 e. The number of rotatable bonds is 5. The summed E-state index contributed by atoms with van der Waals surface area (Å²) < 4.78 is 2.03. The van der Waals surface area contributed by atoms with Gasteiger partial charge in [-0.15, -0.1) is 11.6 Å². The molecule has 1 aromatic rings. The summed E-state index contributed by atoms with van der Waals surface area (Å²) in [4.78, 5) is 6.84. The summed E-state index contributed by atoms with van der Waals surface area (Å²) >= 11 is 6.08. The van der Waals surface area contributed by atoms with Crippen molar-refractivity contribution in [1.29, 1.82) is 0 Å². The molecule has 1 fully saturated rings. The van der Waals surface area contributed by atoms with Crippen molar-refractivity contribution < 1.29 is 0 Å². The Labute approximate surface area is 114 Å². The average molecular weight is 271 g/mol. The van der Waals surface area contributed by atoms with Crippen LogP contribution in [0.3, 0.4) is 0 Å². The van der Waals surface area contributed by atoms with Crippen molar-refractivity contribution in [3.8, 4) is 0 Å². The lowest BCUT2D eigenvalue weighted by molar-refractivity contribution is 0.230. The molecule has 1 aromatic heterocycles. The van der Waals surface area contributed by atoms with Gasteiger partial charge in [-0.3, -0.25) is 4.90 Å². The van der Waals surface area contributed by atoms with Gasteiger partial charge in [0.05, 0.1) is 6.54 Å². The van der Waals surface area contributed by atoms with Gasteiger partial charge in [-0.25, -0.2) is 9.67 Å². The zero-order valence-electron chi connectivity index (χ0n) is 11.5. The van der Waals surface area contributed by atoms with E-state index < -0.39 is 0 Å². The highest BCUT2D eigenvalue weighted by molar-refractivity contribution is 6.18. The van der Waals surface area contributed by atoms with Gasteiger partial charge in [0.1, 0.15) is 12.2 Å². The molecule has 2 heterocycles. The van der Waals surface area contributed by atoms with E-state index in [1.165, 1.54) is 6.42 Å². The van der Waals surface area contributed by atoms with Crippen LogP contribution in [-0.4, -0.2) is 38.1 Å². The lowest BCUT2D eigenvalue weighted by atomic mass is 10.1. The predicted octanol–water partition coefficient (Wildman–Crippen LogP) is 2.38. The molecule has 0 radical (unpaired) electrons. The molecule has 0 aromatic carbocycles. The molecule has 0 N–H and O–H groups in total. The maximum absolute atomic E-state index is 6.08. The minimum Gasteiger partial charge on any atom is -0.291 e. The van der Waals surface area contributed by atoms with Crippen molar-refractivity contribution in [3.63, 3.8) is 0 Å². The van der Waals surface area contributed by atoms with E-state index in [1.807, 2.05) is 4.68 Å². The van der Waals surface area contributed by atoms with Gasteiger partial charge in [-0.2, -0.15) is 5.10 Å². The van der Waals surface area contributed by atoms with E-state index in [2.05, 4.69) is 35.8 Å². The van der Waals surface area contributed by atoms with Crippen LogP contribution in [0.2, 0.25) is 0 Å². The summed E-state index contributed by atoms with van der Waals surface area (Å²) in [6.07, 6.45) is 2.89. The van der Waals surface area contributed by atoms with Crippen LogP contribution in [-0.2, 0) is 13.1 Å². The third kappa shape index (κ3) is 3.04. The summed E-state index contributed by atoms with van der Waals surface area (Å²) in [6, 6.07) is 0.482. The Morgan fingerprint density at radius 3 is 2.94 bits per heavy atom. The van der Waals surface area contributed by atoms with Gasteiger partial charge in [0, 0.05) is 18.5 Å². The molecule has 18 heavy (non-hydrogen) atoms. The molecule has 0 amide bonds. The maximum atomic E-state index is 6.08. The smallest absolute Gasteiger partial charge is 0.141 e. The van der Waals surface area contributed by atoms with E-state index in [0.717, 1.165) is 25.5 Å². The highest BCUT2D eigenvalue weighted by atomic mass is 35.5. The molecular weight excluding hydrogens is 248 g/mol. The average Bonchev–Trinajstić information content (AvgIpc) is 2.87. The van der Waals surface area contributed by atoms with E-state index in [-0.39, 0.29) is 0 Å². The van der Waals surface area contributed by atoms with E-state index in [9.17, 15) is 0 Å². The molecule has 0 saturated carbocycles. The molecule has 1 saturated heterocycles. The summed E-state index contributed by atoms with van der Waals surface area (Å²) in [7, 11) is 0. The molecule has 2 rings (SSSR count). The molecule has 1 aliphatic heterocycles. The van der Waals surface area contributed by atoms with Crippen molar-refractivity contribution in [2.75, 3.05) is 12.4 Å². The van der Waals surface area contributed by atoms with Gasteiger partial charge < -0.3 is 0 Å². The number of aromatic nitrogens is 3. The van der Waals surface area contributed by atoms with E-state index in [4.69, 9.17) is 11.6 Å². The highest BCUT2D eigenvalue weighted by Crippen LogP contribution is 2.26. The van der Waals surface area contributed by atoms with Crippen LogP contribution in [0.25, 0.3) is 0 Å². The zero-order valence-corrected chi connectivity index (χ0v) is 12.3. The van der Waals surface area contributed by atoms with E-state index >= 15 is 0 Å². The fraction of sp³-hybridized carbons (Fsp3) is 0.846. The number of likely N-dealkylation sites (tertiary alicyclic amines) is 1. The minimum absolute atomic E-state index is 0.482. The first kappa shape index (κ1) is 13.8. The van der Waals surface area contributed by atoms with Gasteiger partial charge in [0.15, 0.2) is 0 Å². The summed E-state index contributed by atoms with van der Waals surface area (Å²) in [6.45, 7) is 9.60. The lowest BCUT2D eigenvalue weighted by Gasteiger charge is -2.24. The fourth-order valence-electron chi connectivity index (χ4n) is 2.62. The normalized spacial score (nSPS) is 25.2. The molecule has 0 spiro atoms. The van der Waals surface area contributed by atoms with Gasteiger partial charge >= 0.3 is 0 Å². The first-order valence-electron chi connectivity index (χ1n) is 6.78. The standard InChI is InChI=1S/C13H23ClN4/c1-10(2)7-18-13(15-9-16-18)8-17-5-4-11(3)12(17)6-14/h9-12H,4-8H2,1-3H3. The van der Waals surface area contributed by atoms with Gasteiger partial charge in [-0.1, -0.05) is 20.8 Å². The number of hydrogen-bond acceptors (Lipinski definition) is 3. The zero-order chi connectivity index (χ0) is 13.1. The molecule has 4 nitrogen and oxygen atoms in total. The van der Waals surface area contributed by atoms with Crippen LogP contribution in [0, 0.1) is 11.8 Å². The van der Waals surface area contributed by atoms with Crippen molar-refractivity contribution in [1.82, 2.24) is 19.7 Å². The second-order valence-corrected chi connectivity index (χ2v) is 6.02. The van der Waals surface area contributed by atoms with Crippen molar-refractivity contribution >= 4 is 11.6 Å². The Hall–Kier alpha value is -0.610. The van der Waals surface area contributed by atoms with E-state index in [1.54, 1.807) is 6.33 Å². The van der Waals surface area contributed by atoms with Crippen molar-refractivity contribution in [2.24, 2.45) is 11.8 Å². The number of halogens is 1. The molecule has 2 atom stereocenters. The SMILES string of the molecule is CC(C)Cn1ncnc1CN1CCC(C)C1CCl. The number of alkyl halides is 1. The van der Waals surface area contributed by atoms with E-state index in [0.29, 0.717) is 23.8 Å². The fourth-order valence-corrected chi connectivity index (χ4v) is 3.12. The van der Waals surface area contributed by atoms with Crippen LogP contribution in [0.5, 0.6) is 0 Å². The van der Waals surface area contributed by atoms with Crippen molar-refractivity contribution in [3.05, 3.63) is 12.2 Å². The largest absolute Gasteiger partial charge is 0.291 e. The Kier molecular flexibility index (Phi) is 4.62. The Morgan fingerprint density at radius 2 is 2.28 bits per heavy atom. The Bertz CT molecular complexity index is 377. The molecule has 0 bridgehead atoms. The lowest BCUT2D eigenvalue weighted by Crippen LogP contribution is -2.34. The summed E-state index contributed by atoms with van der Waals surface area (Å²) in [5.41, 5.74) is 0. The topological polar surface area (TPSA) is 34.0 Å². The Balaban J connectivity index is 2.03. The van der Waals surface area contributed by atoms with Gasteiger partial charge in [-0.05, 0) is 24.8 Å². The monoisotopic (exact) mass is 270 g/mol. The Morgan fingerprint density at radius 1 is 1.50 bits per heavy atom. The first-order valence-corrected chi connectivity index (χ1v) is 7.32. The molecule has 0 aliphatic carbocycles. The molecule has 2 unspecified atom stereocenters. The highest BCUT2D eigenvalue weighted by Gasteiger charge is 2.31. The van der Waals surface area contributed by atoms with Crippen LogP contribution in [0.4, 0.5) is 0 Å². The summed E-state index contributed by atoms with van der Waals surface area (Å²) in [5.74, 6) is 3.04. The van der Waals surface area contributed by atoms with Gasteiger partial charge in [0.25, 0.3) is 0 Å². The van der Waals surface area contributed by atoms with Crippen molar-refractivity contribution in [2.45, 2.75) is 46.3 Å². The van der Waals surface area contributed by atoms with Crippen LogP contribution >= 0.6 is 11.6 Å².